The number of carbonyl (C=O) groups excluding carboxylic acids is 1. The van der Waals surface area contributed by atoms with Gasteiger partial charge in [-0.15, -0.1) is 0 Å². The van der Waals surface area contributed by atoms with Gasteiger partial charge in [0, 0.05) is 29.6 Å². The number of nitrogens with one attached hydrogen (secondary N) is 2. The lowest BCUT2D eigenvalue weighted by Crippen LogP contribution is -2.27. The van der Waals surface area contributed by atoms with Gasteiger partial charge in [-0.1, -0.05) is 0 Å². The van der Waals surface area contributed by atoms with Crippen LogP contribution in [0.5, 0.6) is 0 Å². The fraction of sp³-hybridized carbons (Fsp3) is 0.611. The van der Waals surface area contributed by atoms with E-state index >= 15 is 0 Å². The second-order valence-corrected chi connectivity index (χ2v) is 10.3. The summed E-state index contributed by atoms with van der Waals surface area (Å²) >= 11 is 0. The molecule has 1 amide bonds. The van der Waals surface area contributed by atoms with Crippen LogP contribution >= 0.6 is 0 Å². The van der Waals surface area contributed by atoms with Crippen LogP contribution in [0.3, 0.4) is 0 Å². The minimum Gasteiger partial charge on any atom is -0.311 e. The molecule has 0 spiro atoms. The van der Waals surface area contributed by atoms with Crippen molar-refractivity contribution in [1.29, 1.82) is 0 Å². The Morgan fingerprint density at radius 2 is 1.89 bits per heavy atom. The Balaban J connectivity index is 1.83. The van der Waals surface area contributed by atoms with E-state index in [-0.39, 0.29) is 41.5 Å². The van der Waals surface area contributed by atoms with Crippen LogP contribution < -0.4 is 10.9 Å². The molecule has 0 radical (unpaired) electrons. The van der Waals surface area contributed by atoms with Crippen molar-refractivity contribution < 1.29 is 13.2 Å². The van der Waals surface area contributed by atoms with Crippen LogP contribution in [0.1, 0.15) is 67.2 Å². The standard InChI is InChI=1S/C18H25N5O4S/c1-9(2)22-17-16(18(25)21-22)13(7-14(24)19-17)15-10(3)20-23(11(15)4)12-5-6-28(26,27)8-12/h9,12-13H,5-8H2,1-4H3,(H,19,24)(H,21,25)/t12-,13+/m1/s1. The van der Waals surface area contributed by atoms with Crippen LogP contribution in [0.25, 0.3) is 0 Å². The van der Waals surface area contributed by atoms with Crippen molar-refractivity contribution in [2.45, 2.75) is 58.5 Å². The Morgan fingerprint density at radius 1 is 1.18 bits per heavy atom. The van der Waals surface area contributed by atoms with Crippen molar-refractivity contribution in [3.8, 4) is 0 Å². The molecule has 0 bridgehead atoms. The summed E-state index contributed by atoms with van der Waals surface area (Å²) in [5, 5.41) is 10.3. The lowest BCUT2D eigenvalue weighted by molar-refractivity contribution is -0.116. The molecule has 10 heteroatoms. The normalized spacial score (nSPS) is 23.8. The predicted octanol–water partition coefficient (Wildman–Crippen LogP) is 1.40. The van der Waals surface area contributed by atoms with E-state index in [1.165, 1.54) is 0 Å². The Bertz CT molecular complexity index is 1120. The average molecular weight is 407 g/mol. The molecular weight excluding hydrogens is 382 g/mol. The quantitative estimate of drug-likeness (QED) is 0.797. The zero-order valence-corrected chi connectivity index (χ0v) is 17.3. The Labute approximate surface area is 163 Å². The number of aromatic amines is 1. The maximum Gasteiger partial charge on any atom is 0.270 e. The Hall–Kier alpha value is -2.36. The maximum absolute atomic E-state index is 12.7. The molecule has 2 N–H and O–H groups in total. The number of carbonyl (C=O) groups is 1. The van der Waals surface area contributed by atoms with Gasteiger partial charge in [0.05, 0.1) is 28.8 Å². The van der Waals surface area contributed by atoms with Gasteiger partial charge in [0.1, 0.15) is 5.82 Å². The molecule has 2 atom stereocenters. The highest BCUT2D eigenvalue weighted by Gasteiger charge is 2.38. The first kappa shape index (κ1) is 19.0. The molecule has 0 aromatic carbocycles. The number of aromatic nitrogens is 4. The second kappa shape index (κ2) is 6.33. The van der Waals surface area contributed by atoms with Crippen molar-refractivity contribution >= 4 is 21.6 Å². The van der Waals surface area contributed by atoms with Gasteiger partial charge in [0.2, 0.25) is 5.91 Å². The highest BCUT2D eigenvalue weighted by atomic mass is 32.2. The van der Waals surface area contributed by atoms with Gasteiger partial charge in [-0.3, -0.25) is 24.1 Å². The number of hydrogen-bond donors (Lipinski definition) is 2. The van der Waals surface area contributed by atoms with Crippen LogP contribution in [0.4, 0.5) is 5.82 Å². The van der Waals surface area contributed by atoms with Gasteiger partial charge in [-0.05, 0) is 34.1 Å². The van der Waals surface area contributed by atoms with E-state index < -0.39 is 15.8 Å². The molecule has 4 heterocycles. The SMILES string of the molecule is Cc1nn([C@@H]2CCS(=O)(=O)C2)c(C)c1[C@@H]1CC(=O)Nc2c1c(=O)[nH]n2C(C)C. The third-order valence-electron chi connectivity index (χ3n) is 5.76. The molecule has 1 saturated heterocycles. The van der Waals surface area contributed by atoms with Crippen molar-refractivity contribution in [2.75, 3.05) is 16.8 Å². The number of H-pyrrole nitrogens is 1. The van der Waals surface area contributed by atoms with E-state index in [9.17, 15) is 18.0 Å². The van der Waals surface area contributed by atoms with Crippen molar-refractivity contribution in [1.82, 2.24) is 19.6 Å². The molecule has 0 aliphatic carbocycles. The molecule has 0 unspecified atom stereocenters. The molecule has 2 aliphatic rings. The van der Waals surface area contributed by atoms with E-state index in [4.69, 9.17) is 0 Å². The first-order valence-electron chi connectivity index (χ1n) is 9.49. The second-order valence-electron chi connectivity index (χ2n) is 8.06. The topological polar surface area (TPSA) is 119 Å². The van der Waals surface area contributed by atoms with Gasteiger partial charge in [0.25, 0.3) is 5.56 Å². The molecule has 1 fully saturated rings. The predicted molar refractivity (Wildman–Crippen MR) is 105 cm³/mol. The minimum atomic E-state index is -3.04. The number of rotatable bonds is 3. The van der Waals surface area contributed by atoms with Gasteiger partial charge in [0.15, 0.2) is 9.84 Å². The number of nitrogens with zero attached hydrogens (tertiary/aromatic N) is 3. The largest absolute Gasteiger partial charge is 0.311 e. The smallest absolute Gasteiger partial charge is 0.270 e. The third-order valence-corrected chi connectivity index (χ3v) is 7.51. The fourth-order valence-corrected chi connectivity index (χ4v) is 6.21. The summed E-state index contributed by atoms with van der Waals surface area (Å²) in [6.45, 7) is 7.60. The zero-order valence-electron chi connectivity index (χ0n) is 16.4. The van der Waals surface area contributed by atoms with Crippen molar-refractivity contribution in [3.63, 3.8) is 0 Å². The summed E-state index contributed by atoms with van der Waals surface area (Å²) in [5.41, 5.74) is 2.71. The van der Waals surface area contributed by atoms with Gasteiger partial charge < -0.3 is 5.32 Å². The van der Waals surface area contributed by atoms with Gasteiger partial charge in [-0.2, -0.15) is 5.10 Å². The van der Waals surface area contributed by atoms with Crippen LogP contribution in [0.2, 0.25) is 0 Å². The maximum atomic E-state index is 12.7. The Morgan fingerprint density at radius 3 is 2.50 bits per heavy atom. The summed E-state index contributed by atoms with van der Waals surface area (Å²) < 4.78 is 27.2. The van der Waals surface area contributed by atoms with E-state index in [1.54, 1.807) is 9.36 Å². The highest BCUT2D eigenvalue weighted by molar-refractivity contribution is 7.91. The van der Waals surface area contributed by atoms with Gasteiger partial charge >= 0.3 is 0 Å². The highest BCUT2D eigenvalue weighted by Crippen LogP contribution is 2.39. The van der Waals surface area contributed by atoms with Crippen LogP contribution in [0.15, 0.2) is 4.79 Å². The van der Waals surface area contributed by atoms with E-state index in [1.807, 2.05) is 27.7 Å². The van der Waals surface area contributed by atoms with Gasteiger partial charge in [-0.25, -0.2) is 8.42 Å². The summed E-state index contributed by atoms with van der Waals surface area (Å²) in [7, 11) is -3.04. The Kier molecular flexibility index (Phi) is 4.29. The first-order chi connectivity index (χ1) is 13.1. The molecular formula is C18H25N5O4S. The number of aryl methyl sites for hydroxylation is 1. The number of hydrogen-bond acceptors (Lipinski definition) is 5. The van der Waals surface area contributed by atoms with E-state index in [0.717, 1.165) is 17.0 Å². The molecule has 2 aromatic heterocycles. The summed E-state index contributed by atoms with van der Waals surface area (Å²) in [6.07, 6.45) is 0.693. The molecule has 9 nitrogen and oxygen atoms in total. The average Bonchev–Trinajstić information content (AvgIpc) is 3.21. The molecule has 0 saturated carbocycles. The molecule has 152 valence electrons. The molecule has 28 heavy (non-hydrogen) atoms. The van der Waals surface area contributed by atoms with E-state index in [0.29, 0.717) is 17.8 Å². The molecule has 2 aliphatic heterocycles. The molecule has 4 rings (SSSR count). The van der Waals surface area contributed by atoms with Crippen LogP contribution in [-0.4, -0.2) is 45.4 Å². The fourth-order valence-electron chi connectivity index (χ4n) is 4.52. The van der Waals surface area contributed by atoms with Crippen LogP contribution in [0, 0.1) is 13.8 Å². The summed E-state index contributed by atoms with van der Waals surface area (Å²) in [5.74, 6) is 0.198. The zero-order chi connectivity index (χ0) is 20.4. The lowest BCUT2D eigenvalue weighted by atomic mass is 9.86. The first-order valence-corrected chi connectivity index (χ1v) is 11.3. The summed E-state index contributed by atoms with van der Waals surface area (Å²) in [4.78, 5) is 25.1. The number of amides is 1. The minimum absolute atomic E-state index is 0.0101. The van der Waals surface area contributed by atoms with E-state index in [2.05, 4.69) is 15.5 Å². The third kappa shape index (κ3) is 2.90. The van der Waals surface area contributed by atoms with Crippen LogP contribution in [-0.2, 0) is 14.6 Å². The van der Waals surface area contributed by atoms with Crippen molar-refractivity contribution in [3.05, 3.63) is 32.9 Å². The number of anilines is 1. The molecule has 2 aromatic rings. The monoisotopic (exact) mass is 407 g/mol. The summed E-state index contributed by atoms with van der Waals surface area (Å²) in [6, 6.07) is -0.211. The lowest BCUT2D eigenvalue weighted by Gasteiger charge is -2.24. The number of sulfone groups is 1. The van der Waals surface area contributed by atoms with Crippen molar-refractivity contribution in [2.24, 2.45) is 0 Å². The number of fused-ring (bicyclic) bond motifs is 1.